The van der Waals surface area contributed by atoms with Crippen LogP contribution in [0.15, 0.2) is 42.5 Å². The van der Waals surface area contributed by atoms with Crippen molar-refractivity contribution in [3.63, 3.8) is 0 Å². The first-order chi connectivity index (χ1) is 9.83. The zero-order valence-corrected chi connectivity index (χ0v) is 12.7. The van der Waals surface area contributed by atoms with Crippen molar-refractivity contribution in [3.8, 4) is 0 Å². The quantitative estimate of drug-likeness (QED) is 0.736. The summed E-state index contributed by atoms with van der Waals surface area (Å²) in [6.07, 6.45) is 1.23. The molecule has 2 heteroatoms. The maximum Gasteiger partial charge on any atom is 0.0206 e. The molecule has 0 bridgehead atoms. The molecule has 0 saturated heterocycles. The Hall–Kier alpha value is -1.38. The first kappa shape index (κ1) is 15.0. The van der Waals surface area contributed by atoms with E-state index in [-0.39, 0.29) is 0 Å². The monoisotopic (exact) mass is 270 g/mol. The van der Waals surface area contributed by atoms with E-state index >= 15 is 0 Å². The maximum atomic E-state index is 3.55. The molecule has 0 unspecified atom stereocenters. The average molecular weight is 270 g/mol. The molecule has 2 aromatic carbocycles. The molecule has 108 valence electrons. The lowest BCUT2D eigenvalue weighted by Crippen LogP contribution is -2.32. The maximum absolute atomic E-state index is 3.55. The van der Waals surface area contributed by atoms with E-state index in [1.54, 1.807) is 0 Å². The van der Waals surface area contributed by atoms with Gasteiger partial charge in [0.1, 0.15) is 0 Å². The summed E-state index contributed by atoms with van der Waals surface area (Å²) in [6.45, 7) is 9.97. The van der Waals surface area contributed by atoms with Gasteiger partial charge in [0.05, 0.1) is 0 Å². The summed E-state index contributed by atoms with van der Waals surface area (Å²) in [7, 11) is 0. The Morgan fingerprint density at radius 3 is 2.50 bits per heavy atom. The number of hydrogen-bond acceptors (Lipinski definition) is 2. The minimum absolute atomic E-state index is 0.953. The van der Waals surface area contributed by atoms with Gasteiger partial charge >= 0.3 is 0 Å². The van der Waals surface area contributed by atoms with Gasteiger partial charge in [0.25, 0.3) is 0 Å². The Kier molecular flexibility index (Phi) is 6.03. The Balaban J connectivity index is 1.80. The highest BCUT2D eigenvalue weighted by atomic mass is 15.1. The van der Waals surface area contributed by atoms with Crippen molar-refractivity contribution >= 4 is 10.8 Å². The number of fused-ring (bicyclic) bond motifs is 1. The van der Waals surface area contributed by atoms with Crippen LogP contribution in [0.25, 0.3) is 10.8 Å². The molecule has 20 heavy (non-hydrogen) atoms. The number of hydrogen-bond donors (Lipinski definition) is 1. The van der Waals surface area contributed by atoms with Crippen LogP contribution in [0.4, 0.5) is 0 Å². The van der Waals surface area contributed by atoms with Crippen molar-refractivity contribution in [2.24, 2.45) is 0 Å². The number of nitrogens with one attached hydrogen (secondary N) is 1. The zero-order chi connectivity index (χ0) is 14.2. The van der Waals surface area contributed by atoms with Gasteiger partial charge in [-0.05, 0) is 41.9 Å². The van der Waals surface area contributed by atoms with E-state index in [4.69, 9.17) is 0 Å². The topological polar surface area (TPSA) is 15.3 Å². The molecule has 0 radical (unpaired) electrons. The van der Waals surface area contributed by atoms with Gasteiger partial charge in [-0.2, -0.15) is 0 Å². The van der Waals surface area contributed by atoms with E-state index in [0.717, 1.165) is 26.2 Å². The van der Waals surface area contributed by atoms with Crippen molar-refractivity contribution in [1.82, 2.24) is 10.2 Å². The number of rotatable bonds is 8. The molecule has 0 heterocycles. The van der Waals surface area contributed by atoms with E-state index in [1.807, 2.05) is 0 Å². The molecule has 0 fully saturated rings. The molecule has 0 amide bonds. The largest absolute Gasteiger partial charge is 0.311 e. The smallest absolute Gasteiger partial charge is 0.0206 e. The minimum atomic E-state index is 0.953. The standard InChI is InChI=1S/C18H26N2/c1-3-12-20(4-2)13-11-19-15-16-9-10-17-7-5-6-8-18(17)14-16/h5-10,14,19H,3-4,11-13,15H2,1-2H3. The van der Waals surface area contributed by atoms with Gasteiger partial charge in [0.15, 0.2) is 0 Å². The Morgan fingerprint density at radius 1 is 0.950 bits per heavy atom. The van der Waals surface area contributed by atoms with Gasteiger partial charge in [0, 0.05) is 19.6 Å². The molecule has 2 nitrogen and oxygen atoms in total. The lowest BCUT2D eigenvalue weighted by Gasteiger charge is -2.19. The molecule has 0 aliphatic carbocycles. The van der Waals surface area contributed by atoms with Gasteiger partial charge in [-0.3, -0.25) is 0 Å². The van der Waals surface area contributed by atoms with E-state index in [1.165, 1.54) is 29.3 Å². The fourth-order valence-electron chi connectivity index (χ4n) is 2.56. The minimum Gasteiger partial charge on any atom is -0.311 e. The highest BCUT2D eigenvalue weighted by Crippen LogP contribution is 2.15. The van der Waals surface area contributed by atoms with Crippen LogP contribution >= 0.6 is 0 Å². The number of nitrogens with zero attached hydrogens (tertiary/aromatic N) is 1. The van der Waals surface area contributed by atoms with Gasteiger partial charge in [-0.25, -0.2) is 0 Å². The zero-order valence-electron chi connectivity index (χ0n) is 12.7. The van der Waals surface area contributed by atoms with E-state index in [0.29, 0.717) is 0 Å². The number of benzene rings is 2. The summed E-state index contributed by atoms with van der Waals surface area (Å²) in [4.78, 5) is 2.49. The van der Waals surface area contributed by atoms with Crippen LogP contribution in [-0.4, -0.2) is 31.1 Å². The second kappa shape index (κ2) is 8.03. The van der Waals surface area contributed by atoms with Gasteiger partial charge < -0.3 is 10.2 Å². The molecule has 2 aromatic rings. The van der Waals surface area contributed by atoms with Crippen LogP contribution in [0.1, 0.15) is 25.8 Å². The van der Waals surface area contributed by atoms with E-state index < -0.39 is 0 Å². The van der Waals surface area contributed by atoms with Crippen molar-refractivity contribution < 1.29 is 0 Å². The SMILES string of the molecule is CCCN(CC)CCNCc1ccc2ccccc2c1. The third-order valence-electron chi connectivity index (χ3n) is 3.73. The first-order valence-electron chi connectivity index (χ1n) is 7.74. The molecule has 0 atom stereocenters. The summed E-state index contributed by atoms with van der Waals surface area (Å²) in [6, 6.07) is 15.2. The van der Waals surface area contributed by atoms with Gasteiger partial charge in [-0.1, -0.05) is 50.2 Å². The summed E-state index contributed by atoms with van der Waals surface area (Å²) in [5.74, 6) is 0. The molecule has 0 aromatic heterocycles. The summed E-state index contributed by atoms with van der Waals surface area (Å²) < 4.78 is 0. The lowest BCUT2D eigenvalue weighted by molar-refractivity contribution is 0.287. The molecule has 0 spiro atoms. The molecular formula is C18H26N2. The fourth-order valence-corrected chi connectivity index (χ4v) is 2.56. The molecular weight excluding hydrogens is 244 g/mol. The molecule has 0 saturated carbocycles. The lowest BCUT2D eigenvalue weighted by atomic mass is 10.1. The van der Waals surface area contributed by atoms with E-state index in [9.17, 15) is 0 Å². The van der Waals surface area contributed by atoms with Crippen molar-refractivity contribution in [2.45, 2.75) is 26.8 Å². The molecule has 0 aliphatic rings. The summed E-state index contributed by atoms with van der Waals surface area (Å²) in [5.41, 5.74) is 1.36. The van der Waals surface area contributed by atoms with Crippen molar-refractivity contribution in [1.29, 1.82) is 0 Å². The molecule has 2 rings (SSSR count). The second-order valence-corrected chi connectivity index (χ2v) is 5.29. The Bertz CT molecular complexity index is 522. The van der Waals surface area contributed by atoms with Crippen LogP contribution in [0, 0.1) is 0 Å². The van der Waals surface area contributed by atoms with Gasteiger partial charge in [0.2, 0.25) is 0 Å². The van der Waals surface area contributed by atoms with Crippen LogP contribution in [0.5, 0.6) is 0 Å². The van der Waals surface area contributed by atoms with Crippen LogP contribution in [0.3, 0.4) is 0 Å². The Morgan fingerprint density at radius 2 is 1.75 bits per heavy atom. The highest BCUT2D eigenvalue weighted by Gasteiger charge is 2.00. The van der Waals surface area contributed by atoms with Crippen LogP contribution in [-0.2, 0) is 6.54 Å². The van der Waals surface area contributed by atoms with Gasteiger partial charge in [-0.15, -0.1) is 0 Å². The van der Waals surface area contributed by atoms with Crippen molar-refractivity contribution in [3.05, 3.63) is 48.0 Å². The van der Waals surface area contributed by atoms with Crippen LogP contribution < -0.4 is 5.32 Å². The van der Waals surface area contributed by atoms with Crippen LogP contribution in [0.2, 0.25) is 0 Å². The normalized spacial score (nSPS) is 11.3. The predicted molar refractivity (Wildman–Crippen MR) is 88.1 cm³/mol. The van der Waals surface area contributed by atoms with Crippen molar-refractivity contribution in [2.75, 3.05) is 26.2 Å². The molecule has 0 aliphatic heterocycles. The predicted octanol–water partition coefficient (Wildman–Crippen LogP) is 3.66. The third-order valence-corrected chi connectivity index (χ3v) is 3.73. The van der Waals surface area contributed by atoms with E-state index in [2.05, 4.69) is 66.5 Å². The Labute approximate surface area is 122 Å². The molecule has 1 N–H and O–H groups in total. The second-order valence-electron chi connectivity index (χ2n) is 5.29. The summed E-state index contributed by atoms with van der Waals surface area (Å²) in [5, 5.41) is 6.19. The third kappa shape index (κ3) is 4.32. The first-order valence-corrected chi connectivity index (χ1v) is 7.74. The highest BCUT2D eigenvalue weighted by molar-refractivity contribution is 5.82. The summed E-state index contributed by atoms with van der Waals surface area (Å²) >= 11 is 0. The number of likely N-dealkylation sites (N-methyl/N-ethyl adjacent to an activating group) is 1. The fraction of sp³-hybridized carbons (Fsp3) is 0.444. The average Bonchev–Trinajstić information content (AvgIpc) is 2.50.